The molecule has 10 rings (SSSR count). The molecule has 0 aliphatic carbocycles. The Morgan fingerprint density at radius 2 is 1.20 bits per heavy atom. The maximum absolute atomic E-state index is 6.75. The van der Waals surface area contributed by atoms with E-state index >= 15 is 0 Å². The van der Waals surface area contributed by atoms with Crippen LogP contribution in [-0.4, -0.2) is 9.97 Å². The number of hydrogen-bond acceptors (Lipinski definition) is 3. The number of furan rings is 1. The first-order valence-corrected chi connectivity index (χ1v) is 18.6. The summed E-state index contributed by atoms with van der Waals surface area (Å²) in [6.45, 7) is 2.25. The van der Waals surface area contributed by atoms with Crippen molar-refractivity contribution in [1.82, 2.24) is 9.97 Å². The van der Waals surface area contributed by atoms with Crippen LogP contribution in [0.4, 0.5) is 0 Å². The summed E-state index contributed by atoms with van der Waals surface area (Å²) in [4.78, 5) is 9.13. The zero-order valence-electron chi connectivity index (χ0n) is 30.1. The summed E-state index contributed by atoms with van der Waals surface area (Å²) >= 11 is 0. The maximum Gasteiger partial charge on any atom is 0.129 e. The number of aromatic nitrogens is 2. The molecular weight excluding hydrogens is 837 g/mol. The number of unbranched alkanes of at least 4 members (excludes halogenated alkanes) is 3. The van der Waals surface area contributed by atoms with Gasteiger partial charge in [0.25, 0.3) is 0 Å². The van der Waals surface area contributed by atoms with Gasteiger partial charge in [0.15, 0.2) is 0 Å². The van der Waals surface area contributed by atoms with Crippen LogP contribution in [0.2, 0.25) is 0 Å². The van der Waals surface area contributed by atoms with Crippen LogP contribution < -0.4 is 0 Å². The van der Waals surface area contributed by atoms with Gasteiger partial charge >= 0.3 is 0 Å². The Kier molecular flexibility index (Phi) is 10.3. The summed E-state index contributed by atoms with van der Waals surface area (Å²) in [6.07, 6.45) is 10.2. The van der Waals surface area contributed by atoms with E-state index in [1.165, 1.54) is 58.2 Å². The number of hydrogen-bond donors (Lipinski definition) is 0. The monoisotopic (exact) mass is 875 g/mol. The number of aryl methyl sites for hydroxylation is 1. The quantitative estimate of drug-likeness (QED) is 0.0910. The fourth-order valence-electron chi connectivity index (χ4n) is 7.69. The Labute approximate surface area is 329 Å². The van der Waals surface area contributed by atoms with Gasteiger partial charge in [-0.25, -0.2) is 0 Å². The zero-order valence-corrected chi connectivity index (χ0v) is 32.5. The van der Waals surface area contributed by atoms with Gasteiger partial charge in [-0.2, -0.15) is 0 Å². The predicted molar refractivity (Wildman–Crippen MR) is 222 cm³/mol. The Hall–Kier alpha value is -5.67. The van der Waals surface area contributed by atoms with Crippen molar-refractivity contribution in [1.29, 1.82) is 0 Å². The second-order valence-corrected chi connectivity index (χ2v) is 13.7. The molecule has 0 atom stereocenters. The van der Waals surface area contributed by atoms with Gasteiger partial charge in [-0.15, -0.1) is 53.6 Å². The molecule has 1 radical (unpaired) electrons. The van der Waals surface area contributed by atoms with Crippen molar-refractivity contribution >= 4 is 65.0 Å². The van der Waals surface area contributed by atoms with Gasteiger partial charge in [0.1, 0.15) is 5.58 Å². The first kappa shape index (κ1) is 35.4. The molecule has 265 valence electrons. The standard InChI is InChI=1S/C33H18NO.C17H20N.Ir/c1-2-9-21-19-34-30(18-20(21)8-1)29-15-7-14-27-28-17-16-26-24-12-4-3-10-22(24)23-11-5-6-13-25(23)31(26)33(28)35-32(27)29;1-2-3-4-5-9-15-10-8-11-16(14-15)17-12-6-7-13-18-17;/h1-14,16-19H;6-8,10,12-14H,2-5,9H2,1H3;/q2*-1;. The van der Waals surface area contributed by atoms with Crippen LogP contribution in [0.25, 0.3) is 87.5 Å². The fraction of sp³-hybridized carbons (Fsp3) is 0.120. The molecule has 0 saturated carbocycles. The smallest absolute Gasteiger partial charge is 0.129 e. The van der Waals surface area contributed by atoms with Crippen LogP contribution in [0.15, 0.2) is 156 Å². The first-order chi connectivity index (χ1) is 26.3. The largest absolute Gasteiger partial charge is 0.500 e. The molecule has 0 saturated heterocycles. The Balaban J connectivity index is 0.000000186. The third-order valence-electron chi connectivity index (χ3n) is 10.3. The van der Waals surface area contributed by atoms with E-state index in [4.69, 9.17) is 9.40 Å². The fourth-order valence-corrected chi connectivity index (χ4v) is 7.69. The summed E-state index contributed by atoms with van der Waals surface area (Å²) < 4.78 is 6.75. The Bertz CT molecular complexity index is 2860. The molecule has 3 aromatic heterocycles. The van der Waals surface area contributed by atoms with Crippen molar-refractivity contribution in [3.63, 3.8) is 0 Å². The van der Waals surface area contributed by atoms with Crippen LogP contribution in [0.5, 0.6) is 0 Å². The Morgan fingerprint density at radius 3 is 1.98 bits per heavy atom. The van der Waals surface area contributed by atoms with Crippen LogP contribution >= 0.6 is 0 Å². The minimum absolute atomic E-state index is 0. The van der Waals surface area contributed by atoms with Crippen LogP contribution in [0.1, 0.15) is 38.2 Å². The third-order valence-corrected chi connectivity index (χ3v) is 10.3. The van der Waals surface area contributed by atoms with Crippen molar-refractivity contribution < 1.29 is 24.5 Å². The molecule has 0 bridgehead atoms. The molecule has 0 spiro atoms. The van der Waals surface area contributed by atoms with Gasteiger partial charge in [-0.1, -0.05) is 147 Å². The normalized spacial score (nSPS) is 11.3. The molecule has 0 aliphatic heterocycles. The molecule has 7 aromatic carbocycles. The van der Waals surface area contributed by atoms with Crippen LogP contribution in [-0.2, 0) is 26.5 Å². The van der Waals surface area contributed by atoms with E-state index in [0.29, 0.717) is 0 Å². The molecule has 54 heavy (non-hydrogen) atoms. The van der Waals surface area contributed by atoms with Crippen molar-refractivity contribution in [2.45, 2.75) is 39.0 Å². The van der Waals surface area contributed by atoms with Gasteiger partial charge < -0.3 is 14.4 Å². The van der Waals surface area contributed by atoms with Crippen molar-refractivity contribution in [2.24, 2.45) is 0 Å². The van der Waals surface area contributed by atoms with Crippen LogP contribution in [0, 0.1) is 12.1 Å². The minimum atomic E-state index is 0. The van der Waals surface area contributed by atoms with Crippen molar-refractivity contribution in [2.75, 3.05) is 0 Å². The third kappa shape index (κ3) is 6.69. The van der Waals surface area contributed by atoms with Crippen LogP contribution in [0.3, 0.4) is 0 Å². The van der Waals surface area contributed by atoms with Crippen molar-refractivity contribution in [3.8, 4) is 22.5 Å². The SMILES string of the molecule is CCCCCCc1cc[c-]c(-c2ccccn2)c1.[Ir].[c-]1ccc2c(oc3c2ccc2c4ccccc4c4ccccc4c23)c1-c1cc2ccccc2cn1. The molecular formula is C50H38IrN2O-2. The van der Waals surface area contributed by atoms with Gasteiger partial charge in [-0.05, 0) is 61.6 Å². The van der Waals surface area contributed by atoms with E-state index in [2.05, 4.69) is 127 Å². The number of pyridine rings is 2. The second kappa shape index (κ2) is 15.7. The summed E-state index contributed by atoms with van der Waals surface area (Å²) in [5.74, 6) is 0. The van der Waals surface area contributed by atoms with E-state index in [-0.39, 0.29) is 20.1 Å². The summed E-state index contributed by atoms with van der Waals surface area (Å²) in [7, 11) is 0. The molecule has 0 N–H and O–H groups in total. The molecule has 3 nitrogen and oxygen atoms in total. The molecule has 10 aromatic rings. The Morgan fingerprint density at radius 1 is 0.537 bits per heavy atom. The summed E-state index contributed by atoms with van der Waals surface area (Å²) in [6, 6.07) is 55.2. The summed E-state index contributed by atoms with van der Waals surface area (Å²) in [5, 5.41) is 11.8. The number of nitrogens with zero attached hydrogens (tertiary/aromatic N) is 2. The zero-order chi connectivity index (χ0) is 35.6. The van der Waals surface area contributed by atoms with E-state index in [1.807, 2.05) is 48.8 Å². The second-order valence-electron chi connectivity index (χ2n) is 13.7. The number of fused-ring (bicyclic) bond motifs is 11. The van der Waals surface area contributed by atoms with Crippen molar-refractivity contribution in [3.05, 3.63) is 170 Å². The van der Waals surface area contributed by atoms with Gasteiger partial charge in [0.2, 0.25) is 0 Å². The topological polar surface area (TPSA) is 38.9 Å². The predicted octanol–water partition coefficient (Wildman–Crippen LogP) is 13.7. The van der Waals surface area contributed by atoms with E-state index < -0.39 is 0 Å². The average molecular weight is 875 g/mol. The molecule has 0 unspecified atom stereocenters. The first-order valence-electron chi connectivity index (χ1n) is 18.6. The molecule has 0 amide bonds. The molecule has 0 fully saturated rings. The van der Waals surface area contributed by atoms with E-state index in [0.717, 1.165) is 67.0 Å². The minimum Gasteiger partial charge on any atom is -0.500 e. The average Bonchev–Trinajstić information content (AvgIpc) is 3.62. The van der Waals surface area contributed by atoms with Gasteiger partial charge in [-0.3, -0.25) is 0 Å². The molecule has 0 aliphatic rings. The maximum atomic E-state index is 6.75. The van der Waals surface area contributed by atoms with E-state index in [9.17, 15) is 0 Å². The molecule has 3 heterocycles. The number of rotatable bonds is 7. The molecule has 4 heteroatoms. The number of benzene rings is 7. The summed E-state index contributed by atoms with van der Waals surface area (Å²) in [5.41, 5.74) is 7.01. The van der Waals surface area contributed by atoms with Gasteiger partial charge in [0.05, 0.1) is 5.58 Å². The van der Waals surface area contributed by atoms with Gasteiger partial charge in [0, 0.05) is 43.3 Å². The van der Waals surface area contributed by atoms with E-state index in [1.54, 1.807) is 0 Å².